The normalized spacial score (nSPS) is 11.0. The zero-order valence-corrected chi connectivity index (χ0v) is 15.6. The molecular formula is C19H16F2N2O3S. The zero-order valence-electron chi connectivity index (χ0n) is 14.8. The minimum absolute atomic E-state index is 0.207. The Morgan fingerprint density at radius 1 is 1.22 bits per heavy atom. The average Bonchev–Trinajstić information content (AvgIpc) is 2.65. The largest absolute Gasteiger partial charge is 0.506 e. The summed E-state index contributed by atoms with van der Waals surface area (Å²) in [7, 11) is 2.74. The molecule has 3 rings (SSSR count). The van der Waals surface area contributed by atoms with Crippen LogP contribution in [0.4, 0.5) is 14.5 Å². The fourth-order valence-electron chi connectivity index (χ4n) is 2.93. The average molecular weight is 390 g/mol. The lowest BCUT2D eigenvalue weighted by Gasteiger charge is -2.20. The number of hydrogen-bond donors (Lipinski definition) is 1. The molecule has 0 aliphatic rings. The maximum absolute atomic E-state index is 14.0. The molecule has 1 N–H and O–H groups in total. The second kappa shape index (κ2) is 7.03. The van der Waals surface area contributed by atoms with Gasteiger partial charge in [0.2, 0.25) is 0 Å². The van der Waals surface area contributed by atoms with Crippen LogP contribution < -0.4 is 10.5 Å². The molecule has 0 saturated heterocycles. The number of pyridine rings is 1. The Balaban J connectivity index is 2.24. The van der Waals surface area contributed by atoms with E-state index in [0.29, 0.717) is 21.9 Å². The predicted molar refractivity (Wildman–Crippen MR) is 102 cm³/mol. The van der Waals surface area contributed by atoms with Gasteiger partial charge >= 0.3 is 0 Å². The fraction of sp³-hybridized carbons (Fsp3) is 0.158. The summed E-state index contributed by atoms with van der Waals surface area (Å²) >= 11 is 1.35. The molecule has 0 unspecified atom stereocenters. The van der Waals surface area contributed by atoms with Gasteiger partial charge in [-0.25, -0.2) is 8.78 Å². The topological polar surface area (TPSA) is 62.5 Å². The van der Waals surface area contributed by atoms with Crippen LogP contribution in [0.1, 0.15) is 10.4 Å². The van der Waals surface area contributed by atoms with Crippen molar-refractivity contribution in [3.05, 3.63) is 63.9 Å². The van der Waals surface area contributed by atoms with Crippen molar-refractivity contribution in [2.75, 3.05) is 18.2 Å². The zero-order chi connectivity index (χ0) is 19.9. The molecule has 140 valence electrons. The predicted octanol–water partition coefficient (Wildman–Crippen LogP) is 3.52. The monoisotopic (exact) mass is 390 g/mol. The maximum Gasteiger partial charge on any atom is 0.267 e. The van der Waals surface area contributed by atoms with Crippen molar-refractivity contribution in [3.63, 3.8) is 0 Å². The molecule has 3 aromatic rings. The van der Waals surface area contributed by atoms with Crippen LogP contribution in [0.15, 0.2) is 46.1 Å². The summed E-state index contributed by atoms with van der Waals surface area (Å²) in [5.41, 5.74) is -0.923. The first-order valence-electron chi connectivity index (χ1n) is 7.89. The summed E-state index contributed by atoms with van der Waals surface area (Å²) in [5, 5.41) is 11.1. The molecule has 0 aliphatic carbocycles. The van der Waals surface area contributed by atoms with Gasteiger partial charge in [-0.05, 0) is 30.5 Å². The van der Waals surface area contributed by atoms with Crippen molar-refractivity contribution in [2.45, 2.75) is 4.90 Å². The van der Waals surface area contributed by atoms with Gasteiger partial charge in [-0.1, -0.05) is 6.07 Å². The number of fused-ring (bicyclic) bond motifs is 1. The lowest BCUT2D eigenvalue weighted by Crippen LogP contribution is -2.34. The number of halogens is 2. The molecule has 0 spiro atoms. The van der Waals surface area contributed by atoms with Crippen LogP contribution in [-0.4, -0.2) is 28.9 Å². The lowest BCUT2D eigenvalue weighted by molar-refractivity contribution is 0.0988. The number of benzene rings is 2. The van der Waals surface area contributed by atoms with Gasteiger partial charge in [-0.15, -0.1) is 11.8 Å². The Bertz CT molecular complexity index is 1130. The van der Waals surface area contributed by atoms with Crippen LogP contribution in [0.25, 0.3) is 10.9 Å². The molecular weight excluding hydrogens is 374 g/mol. The number of rotatable bonds is 3. The number of amides is 1. The van der Waals surface area contributed by atoms with E-state index < -0.39 is 34.4 Å². The standard InChI is InChI=1S/C19H16F2N2O3S/c1-22(12-8-7-10(20)9-11(12)21)18(25)16-17(24)15-13(23(2)19(16)26)5-4-6-14(15)27-3/h4-9,24H,1-3H3. The lowest BCUT2D eigenvalue weighted by atomic mass is 10.1. The van der Waals surface area contributed by atoms with Crippen LogP contribution in [0.2, 0.25) is 0 Å². The fourth-order valence-corrected chi connectivity index (χ4v) is 3.55. The Labute approximate surface area is 157 Å². The van der Waals surface area contributed by atoms with Gasteiger partial charge in [-0.2, -0.15) is 0 Å². The number of aromatic hydroxyl groups is 1. The summed E-state index contributed by atoms with van der Waals surface area (Å²) in [4.78, 5) is 27.2. The first-order valence-corrected chi connectivity index (χ1v) is 9.12. The van der Waals surface area contributed by atoms with E-state index in [9.17, 15) is 23.5 Å². The van der Waals surface area contributed by atoms with E-state index >= 15 is 0 Å². The van der Waals surface area contributed by atoms with E-state index in [1.807, 2.05) is 0 Å². The van der Waals surface area contributed by atoms with Crippen LogP contribution in [-0.2, 0) is 7.05 Å². The van der Waals surface area contributed by atoms with Crippen LogP contribution in [0, 0.1) is 11.6 Å². The molecule has 2 aromatic carbocycles. The Morgan fingerprint density at radius 2 is 1.93 bits per heavy atom. The van der Waals surface area contributed by atoms with E-state index in [-0.39, 0.29) is 5.69 Å². The van der Waals surface area contributed by atoms with E-state index in [4.69, 9.17) is 0 Å². The van der Waals surface area contributed by atoms with Crippen molar-refractivity contribution < 1.29 is 18.7 Å². The Morgan fingerprint density at radius 3 is 2.56 bits per heavy atom. The highest BCUT2D eigenvalue weighted by Gasteiger charge is 2.27. The third-order valence-electron chi connectivity index (χ3n) is 4.37. The third-order valence-corrected chi connectivity index (χ3v) is 5.15. The smallest absolute Gasteiger partial charge is 0.267 e. The third kappa shape index (κ3) is 3.06. The number of carbonyl (C=O) groups is 1. The number of hydrogen-bond acceptors (Lipinski definition) is 4. The molecule has 0 saturated carbocycles. The summed E-state index contributed by atoms with van der Waals surface area (Å²) in [6.07, 6.45) is 1.81. The number of carbonyl (C=O) groups excluding carboxylic acids is 1. The van der Waals surface area contributed by atoms with Gasteiger partial charge in [0, 0.05) is 25.1 Å². The van der Waals surface area contributed by atoms with Crippen molar-refractivity contribution in [1.29, 1.82) is 0 Å². The molecule has 1 heterocycles. The van der Waals surface area contributed by atoms with Gasteiger partial charge in [-0.3, -0.25) is 9.59 Å². The molecule has 0 aliphatic heterocycles. The number of anilines is 1. The molecule has 5 nitrogen and oxygen atoms in total. The molecule has 27 heavy (non-hydrogen) atoms. The van der Waals surface area contributed by atoms with Crippen LogP contribution in [0.3, 0.4) is 0 Å². The van der Waals surface area contributed by atoms with Crippen molar-refractivity contribution in [1.82, 2.24) is 4.57 Å². The highest BCUT2D eigenvalue weighted by Crippen LogP contribution is 2.34. The molecule has 0 fully saturated rings. The quantitative estimate of drug-likeness (QED) is 0.695. The minimum atomic E-state index is -0.951. The SMILES string of the molecule is CSc1cccc2c1c(O)c(C(=O)N(C)c1ccc(F)cc1F)c(=O)n2C. The second-order valence-electron chi connectivity index (χ2n) is 5.90. The van der Waals surface area contributed by atoms with Crippen molar-refractivity contribution in [3.8, 4) is 5.75 Å². The van der Waals surface area contributed by atoms with E-state index in [1.54, 1.807) is 24.5 Å². The van der Waals surface area contributed by atoms with E-state index in [1.165, 1.54) is 30.4 Å². The summed E-state index contributed by atoms with van der Waals surface area (Å²) in [6, 6.07) is 7.91. The first kappa shape index (κ1) is 18.9. The van der Waals surface area contributed by atoms with Crippen molar-refractivity contribution in [2.24, 2.45) is 7.05 Å². The highest BCUT2D eigenvalue weighted by atomic mass is 32.2. The minimum Gasteiger partial charge on any atom is -0.506 e. The Kier molecular flexibility index (Phi) is 4.93. The van der Waals surface area contributed by atoms with Crippen molar-refractivity contribution >= 4 is 34.3 Å². The van der Waals surface area contributed by atoms with Gasteiger partial charge in [0.15, 0.2) is 0 Å². The molecule has 8 heteroatoms. The van der Waals surface area contributed by atoms with E-state index in [2.05, 4.69) is 0 Å². The van der Waals surface area contributed by atoms with Crippen LogP contribution >= 0.6 is 11.8 Å². The molecule has 0 bridgehead atoms. The molecule has 1 amide bonds. The molecule has 1 aromatic heterocycles. The number of aromatic nitrogens is 1. The van der Waals surface area contributed by atoms with Crippen LogP contribution in [0.5, 0.6) is 5.75 Å². The summed E-state index contributed by atoms with van der Waals surface area (Å²) < 4.78 is 28.4. The second-order valence-corrected chi connectivity index (χ2v) is 6.75. The summed E-state index contributed by atoms with van der Waals surface area (Å²) in [6.45, 7) is 0. The Hall–Kier alpha value is -2.87. The molecule has 0 radical (unpaired) electrons. The van der Waals surface area contributed by atoms with Gasteiger partial charge < -0.3 is 14.6 Å². The maximum atomic E-state index is 14.0. The van der Waals surface area contributed by atoms with Gasteiger partial charge in [0.1, 0.15) is 22.9 Å². The first-order chi connectivity index (χ1) is 12.8. The van der Waals surface area contributed by atoms with Gasteiger partial charge in [0.05, 0.1) is 16.6 Å². The van der Waals surface area contributed by atoms with Gasteiger partial charge in [0.25, 0.3) is 11.5 Å². The molecule has 0 atom stereocenters. The number of nitrogens with zero attached hydrogens (tertiary/aromatic N) is 2. The highest BCUT2D eigenvalue weighted by molar-refractivity contribution is 7.98. The number of thioether (sulfide) groups is 1. The van der Waals surface area contributed by atoms with E-state index in [0.717, 1.165) is 17.0 Å². The summed E-state index contributed by atoms with van der Waals surface area (Å²) in [5.74, 6) is -3.09. The number of aryl methyl sites for hydroxylation is 1.